The quantitative estimate of drug-likeness (QED) is 0.533. The van der Waals surface area contributed by atoms with Crippen LogP contribution in [0, 0.1) is 5.82 Å². The summed E-state index contributed by atoms with van der Waals surface area (Å²) < 4.78 is 16.1. The molecule has 0 fully saturated rings. The molecule has 0 saturated heterocycles. The Balaban J connectivity index is 1.52. The summed E-state index contributed by atoms with van der Waals surface area (Å²) in [6.45, 7) is 0.246. The molecule has 0 aliphatic carbocycles. The Morgan fingerprint density at radius 1 is 0.966 bits per heavy atom. The molecule has 0 aliphatic heterocycles. The van der Waals surface area contributed by atoms with Gasteiger partial charge in [-0.3, -0.25) is 4.79 Å². The molecule has 0 aliphatic rings. The topological polar surface area (TPSA) is 46.9 Å². The monoisotopic (exact) mass is 385 g/mol. The molecule has 4 nitrogen and oxygen atoms in total. The molecule has 1 heterocycles. The number of nitrogens with one attached hydrogen (secondary N) is 1. The first-order valence-electron chi connectivity index (χ1n) is 9.37. The van der Waals surface area contributed by atoms with Crippen LogP contribution in [0.1, 0.15) is 22.6 Å². The van der Waals surface area contributed by atoms with Gasteiger partial charge in [0.25, 0.3) is 0 Å². The molecule has 0 atom stereocenters. The van der Waals surface area contributed by atoms with E-state index in [-0.39, 0.29) is 18.3 Å². The van der Waals surface area contributed by atoms with Crippen molar-refractivity contribution >= 4 is 5.91 Å². The Kier molecular flexibility index (Phi) is 5.47. The van der Waals surface area contributed by atoms with Crippen LogP contribution in [0.5, 0.6) is 0 Å². The third-order valence-corrected chi connectivity index (χ3v) is 4.79. The van der Waals surface area contributed by atoms with E-state index in [1.54, 1.807) is 35.4 Å². The molecule has 0 unspecified atom stereocenters. The summed E-state index contributed by atoms with van der Waals surface area (Å²) in [5, 5.41) is 2.95. The van der Waals surface area contributed by atoms with E-state index in [1.165, 1.54) is 6.07 Å². The smallest absolute Gasteiger partial charge is 0.232 e. The lowest BCUT2D eigenvalue weighted by Crippen LogP contribution is -2.29. The van der Waals surface area contributed by atoms with E-state index in [0.717, 1.165) is 11.1 Å². The Bertz CT molecular complexity index is 1040. The highest BCUT2D eigenvalue weighted by Gasteiger charge is 2.22. The molecule has 4 rings (SSSR count). The van der Waals surface area contributed by atoms with Crippen LogP contribution in [0.3, 0.4) is 0 Å². The number of hydrogen-bond acceptors (Lipinski definition) is 2. The van der Waals surface area contributed by atoms with Crippen molar-refractivity contribution in [3.63, 3.8) is 0 Å². The number of rotatable bonds is 6. The molecule has 3 aromatic carbocycles. The standard InChI is InChI=1S/C24H20FN3O/c25-21-15-18(11-12-22(21)28-14-13-26-17-28)16-27-24(29)23(19-7-3-1-4-8-19)20-9-5-2-6-10-20/h1-15,17,23H,16H2,(H,27,29). The lowest BCUT2D eigenvalue weighted by molar-refractivity contribution is -0.121. The van der Waals surface area contributed by atoms with E-state index < -0.39 is 5.92 Å². The Labute approximate surface area is 168 Å². The normalized spacial score (nSPS) is 10.8. The zero-order valence-corrected chi connectivity index (χ0v) is 15.7. The number of nitrogens with zero attached hydrogens (tertiary/aromatic N) is 2. The lowest BCUT2D eigenvalue weighted by atomic mass is 9.90. The van der Waals surface area contributed by atoms with Crippen LogP contribution in [0.25, 0.3) is 5.69 Å². The third-order valence-electron chi connectivity index (χ3n) is 4.79. The van der Waals surface area contributed by atoms with Crippen LogP contribution < -0.4 is 5.32 Å². The second kappa shape index (κ2) is 8.52. The predicted octanol–water partition coefficient (Wildman–Crippen LogP) is 4.46. The Hall–Kier alpha value is -3.73. The van der Waals surface area contributed by atoms with E-state index in [0.29, 0.717) is 11.3 Å². The van der Waals surface area contributed by atoms with Crippen molar-refractivity contribution in [3.05, 3.63) is 120 Å². The fourth-order valence-electron chi connectivity index (χ4n) is 3.35. The van der Waals surface area contributed by atoms with Crippen molar-refractivity contribution in [3.8, 4) is 5.69 Å². The fourth-order valence-corrected chi connectivity index (χ4v) is 3.35. The number of carbonyl (C=O) groups is 1. The molecular weight excluding hydrogens is 365 g/mol. The average Bonchev–Trinajstić information content (AvgIpc) is 3.29. The van der Waals surface area contributed by atoms with Gasteiger partial charge in [0.1, 0.15) is 5.82 Å². The summed E-state index contributed by atoms with van der Waals surface area (Å²) in [5.41, 5.74) is 2.94. The number of halogens is 1. The molecule has 1 amide bonds. The van der Waals surface area contributed by atoms with Crippen LogP contribution >= 0.6 is 0 Å². The summed E-state index contributed by atoms with van der Waals surface area (Å²) in [6.07, 6.45) is 4.83. The molecule has 1 aromatic heterocycles. The van der Waals surface area contributed by atoms with Gasteiger partial charge in [0.15, 0.2) is 0 Å². The second-order valence-corrected chi connectivity index (χ2v) is 6.73. The first-order valence-corrected chi connectivity index (χ1v) is 9.37. The molecule has 4 aromatic rings. The maximum Gasteiger partial charge on any atom is 0.232 e. The van der Waals surface area contributed by atoms with E-state index in [1.807, 2.05) is 60.7 Å². The van der Waals surface area contributed by atoms with Gasteiger partial charge in [0, 0.05) is 18.9 Å². The summed E-state index contributed by atoms with van der Waals surface area (Å²) in [7, 11) is 0. The molecule has 0 radical (unpaired) electrons. The van der Waals surface area contributed by atoms with Gasteiger partial charge >= 0.3 is 0 Å². The minimum Gasteiger partial charge on any atom is -0.351 e. The molecule has 29 heavy (non-hydrogen) atoms. The van der Waals surface area contributed by atoms with Gasteiger partial charge in [-0.05, 0) is 28.8 Å². The summed E-state index contributed by atoms with van der Waals surface area (Å²) in [4.78, 5) is 17.0. The van der Waals surface area contributed by atoms with Crippen LogP contribution in [-0.4, -0.2) is 15.5 Å². The van der Waals surface area contributed by atoms with E-state index in [2.05, 4.69) is 10.3 Å². The van der Waals surface area contributed by atoms with Crippen LogP contribution in [0.15, 0.2) is 97.6 Å². The zero-order chi connectivity index (χ0) is 20.1. The number of hydrogen-bond donors (Lipinski definition) is 1. The van der Waals surface area contributed by atoms with Gasteiger partial charge < -0.3 is 9.88 Å². The first-order chi connectivity index (χ1) is 14.2. The van der Waals surface area contributed by atoms with Crippen molar-refractivity contribution in [1.29, 1.82) is 0 Å². The lowest BCUT2D eigenvalue weighted by Gasteiger charge is -2.18. The molecule has 0 saturated carbocycles. The highest BCUT2D eigenvalue weighted by molar-refractivity contribution is 5.87. The largest absolute Gasteiger partial charge is 0.351 e. The number of imidazole rings is 1. The van der Waals surface area contributed by atoms with Crippen molar-refractivity contribution in [1.82, 2.24) is 14.9 Å². The second-order valence-electron chi connectivity index (χ2n) is 6.73. The number of benzene rings is 3. The molecule has 1 N–H and O–H groups in total. The SMILES string of the molecule is O=C(NCc1ccc(-n2ccnc2)c(F)c1)C(c1ccccc1)c1ccccc1. The van der Waals surface area contributed by atoms with Crippen LogP contribution in [0.4, 0.5) is 4.39 Å². The number of amides is 1. The third kappa shape index (κ3) is 4.24. The van der Waals surface area contributed by atoms with Crippen LogP contribution in [-0.2, 0) is 11.3 Å². The maximum atomic E-state index is 14.5. The minimum atomic E-state index is -0.424. The van der Waals surface area contributed by atoms with Gasteiger partial charge in [-0.15, -0.1) is 0 Å². The summed E-state index contributed by atoms with van der Waals surface area (Å²) in [5.74, 6) is -0.911. The molecule has 5 heteroatoms. The summed E-state index contributed by atoms with van der Waals surface area (Å²) in [6, 6.07) is 24.2. The van der Waals surface area contributed by atoms with Gasteiger partial charge in [0.2, 0.25) is 5.91 Å². The number of aromatic nitrogens is 2. The van der Waals surface area contributed by atoms with Gasteiger partial charge in [-0.2, -0.15) is 0 Å². The van der Waals surface area contributed by atoms with Gasteiger partial charge in [-0.25, -0.2) is 9.37 Å². The van der Waals surface area contributed by atoms with E-state index in [9.17, 15) is 9.18 Å². The highest BCUT2D eigenvalue weighted by Crippen LogP contribution is 2.25. The van der Waals surface area contributed by atoms with Gasteiger partial charge in [-0.1, -0.05) is 66.7 Å². The highest BCUT2D eigenvalue weighted by atomic mass is 19.1. The van der Waals surface area contributed by atoms with Crippen molar-refractivity contribution in [2.75, 3.05) is 0 Å². The fraction of sp³-hybridized carbons (Fsp3) is 0.0833. The van der Waals surface area contributed by atoms with Crippen molar-refractivity contribution < 1.29 is 9.18 Å². The minimum absolute atomic E-state index is 0.124. The van der Waals surface area contributed by atoms with Crippen LogP contribution in [0.2, 0.25) is 0 Å². The summed E-state index contributed by atoms with van der Waals surface area (Å²) >= 11 is 0. The van der Waals surface area contributed by atoms with Crippen molar-refractivity contribution in [2.24, 2.45) is 0 Å². The average molecular weight is 385 g/mol. The molecular formula is C24H20FN3O. The van der Waals surface area contributed by atoms with Gasteiger partial charge in [0.05, 0.1) is 17.9 Å². The number of carbonyl (C=O) groups excluding carboxylic acids is 1. The molecule has 0 spiro atoms. The predicted molar refractivity (Wildman–Crippen MR) is 110 cm³/mol. The van der Waals surface area contributed by atoms with E-state index in [4.69, 9.17) is 0 Å². The Morgan fingerprint density at radius 3 is 2.17 bits per heavy atom. The zero-order valence-electron chi connectivity index (χ0n) is 15.7. The molecule has 0 bridgehead atoms. The Morgan fingerprint density at radius 2 is 1.62 bits per heavy atom. The van der Waals surface area contributed by atoms with E-state index >= 15 is 0 Å². The molecule has 144 valence electrons. The first kappa shape index (κ1) is 18.6. The van der Waals surface area contributed by atoms with Crippen molar-refractivity contribution in [2.45, 2.75) is 12.5 Å². The maximum absolute atomic E-state index is 14.5.